The summed E-state index contributed by atoms with van der Waals surface area (Å²) in [6.07, 6.45) is 2.02. The summed E-state index contributed by atoms with van der Waals surface area (Å²) < 4.78 is 10.7. The number of rotatable bonds is 9. The van der Waals surface area contributed by atoms with Crippen LogP contribution in [0.15, 0.2) is 0 Å². The Morgan fingerprint density at radius 1 is 1.44 bits per heavy atom. The summed E-state index contributed by atoms with van der Waals surface area (Å²) in [6.45, 7) is 6.78. The number of hydrogen-bond donors (Lipinski definition) is 2. The van der Waals surface area contributed by atoms with E-state index < -0.39 is 5.54 Å². The van der Waals surface area contributed by atoms with Crippen LogP contribution in [0.2, 0.25) is 0 Å². The Morgan fingerprint density at radius 3 is 2.44 bits per heavy atom. The lowest BCUT2D eigenvalue weighted by molar-refractivity contribution is -0.130. The van der Waals surface area contributed by atoms with Crippen molar-refractivity contribution in [2.24, 2.45) is 11.7 Å². The van der Waals surface area contributed by atoms with Gasteiger partial charge in [-0.3, -0.25) is 10.1 Å². The molecule has 2 atom stereocenters. The molecular weight excluding hydrogens is 232 g/mol. The number of methoxy groups -OCH3 is 1. The van der Waals surface area contributed by atoms with Crippen molar-refractivity contribution in [3.05, 3.63) is 0 Å². The Labute approximate surface area is 109 Å². The van der Waals surface area contributed by atoms with Gasteiger partial charge < -0.3 is 15.2 Å². The predicted molar refractivity (Wildman–Crippen MR) is 70.2 cm³/mol. The first-order valence-electron chi connectivity index (χ1n) is 6.60. The minimum Gasteiger partial charge on any atom is -0.382 e. The molecule has 2 unspecified atom stereocenters. The third kappa shape index (κ3) is 3.93. The normalized spacial score (nSPS) is 20.7. The molecule has 0 saturated heterocycles. The lowest BCUT2D eigenvalue weighted by atomic mass is 9.92. The van der Waals surface area contributed by atoms with Crippen molar-refractivity contribution < 1.29 is 14.3 Å². The molecule has 0 bridgehead atoms. The molecule has 1 aliphatic carbocycles. The molecule has 0 heterocycles. The van der Waals surface area contributed by atoms with E-state index in [2.05, 4.69) is 5.32 Å². The third-order valence-corrected chi connectivity index (χ3v) is 3.26. The lowest BCUT2D eigenvalue weighted by Gasteiger charge is -2.34. The summed E-state index contributed by atoms with van der Waals surface area (Å²) in [7, 11) is 1.63. The summed E-state index contributed by atoms with van der Waals surface area (Å²) in [4.78, 5) is 11.9. The first kappa shape index (κ1) is 15.4. The van der Waals surface area contributed by atoms with Crippen molar-refractivity contribution in [2.75, 3.05) is 20.3 Å². The second kappa shape index (κ2) is 6.50. The van der Waals surface area contributed by atoms with Crippen molar-refractivity contribution in [2.45, 2.75) is 51.3 Å². The van der Waals surface area contributed by atoms with Gasteiger partial charge in [-0.1, -0.05) is 0 Å². The maximum atomic E-state index is 11.9. The van der Waals surface area contributed by atoms with E-state index in [1.807, 2.05) is 20.8 Å². The van der Waals surface area contributed by atoms with Crippen LogP contribution in [0.25, 0.3) is 0 Å². The van der Waals surface area contributed by atoms with Crippen LogP contribution in [0, 0.1) is 5.92 Å². The number of carbonyl (C=O) groups excluding carboxylic acids is 1. The fourth-order valence-corrected chi connectivity index (χ4v) is 2.27. The first-order chi connectivity index (χ1) is 8.42. The van der Waals surface area contributed by atoms with E-state index in [1.165, 1.54) is 0 Å². The van der Waals surface area contributed by atoms with E-state index >= 15 is 0 Å². The van der Waals surface area contributed by atoms with Gasteiger partial charge in [0, 0.05) is 13.2 Å². The Bertz CT molecular complexity index is 279. The number of carbonyl (C=O) groups is 1. The molecule has 5 heteroatoms. The molecule has 1 fully saturated rings. The van der Waals surface area contributed by atoms with Gasteiger partial charge in [0.15, 0.2) is 0 Å². The minimum absolute atomic E-state index is 0.0403. The first-order valence-corrected chi connectivity index (χ1v) is 6.60. The lowest BCUT2D eigenvalue weighted by Crippen LogP contribution is -2.62. The topological polar surface area (TPSA) is 73.6 Å². The van der Waals surface area contributed by atoms with E-state index in [1.54, 1.807) is 7.11 Å². The van der Waals surface area contributed by atoms with E-state index in [4.69, 9.17) is 15.2 Å². The average Bonchev–Trinajstić information content (AvgIpc) is 3.07. The molecule has 0 radical (unpaired) electrons. The molecule has 0 aliphatic heterocycles. The van der Waals surface area contributed by atoms with Crippen LogP contribution in [0.3, 0.4) is 0 Å². The quantitative estimate of drug-likeness (QED) is 0.637. The zero-order valence-electron chi connectivity index (χ0n) is 11.9. The molecule has 1 saturated carbocycles. The van der Waals surface area contributed by atoms with Crippen LogP contribution in [0.5, 0.6) is 0 Å². The molecule has 106 valence electrons. The van der Waals surface area contributed by atoms with Gasteiger partial charge in [-0.15, -0.1) is 0 Å². The van der Waals surface area contributed by atoms with Gasteiger partial charge in [-0.05, 0) is 39.5 Å². The minimum atomic E-state index is -0.726. The molecule has 0 spiro atoms. The van der Waals surface area contributed by atoms with E-state index in [0.717, 1.165) is 12.8 Å². The largest absolute Gasteiger partial charge is 0.382 e. The highest BCUT2D eigenvalue weighted by atomic mass is 16.5. The fraction of sp³-hybridized carbons (Fsp3) is 0.923. The average molecular weight is 258 g/mol. The van der Waals surface area contributed by atoms with Gasteiger partial charge in [-0.2, -0.15) is 0 Å². The smallest absolute Gasteiger partial charge is 0.240 e. The number of nitrogens with two attached hydrogens (primary N) is 1. The van der Waals surface area contributed by atoms with Crippen LogP contribution in [0.4, 0.5) is 0 Å². The molecule has 1 amide bonds. The molecule has 1 aliphatic rings. The maximum absolute atomic E-state index is 11.9. The number of ether oxygens (including phenoxy) is 2. The second-order valence-corrected chi connectivity index (χ2v) is 5.49. The molecule has 0 aromatic carbocycles. The molecule has 3 N–H and O–H groups in total. The van der Waals surface area contributed by atoms with Crippen molar-refractivity contribution in [3.63, 3.8) is 0 Å². The highest BCUT2D eigenvalue weighted by Crippen LogP contribution is 2.40. The van der Waals surface area contributed by atoms with Gasteiger partial charge in [0.05, 0.1) is 19.3 Å². The number of hydrogen-bond acceptors (Lipinski definition) is 4. The highest BCUT2D eigenvalue weighted by molar-refractivity contribution is 5.85. The van der Waals surface area contributed by atoms with E-state index in [0.29, 0.717) is 19.1 Å². The van der Waals surface area contributed by atoms with Crippen LogP contribution in [-0.2, 0) is 14.3 Å². The summed E-state index contributed by atoms with van der Waals surface area (Å²) in [6, 6.07) is 0.194. The summed E-state index contributed by atoms with van der Waals surface area (Å²) in [5, 5.41) is 3.31. The van der Waals surface area contributed by atoms with Crippen LogP contribution in [-0.4, -0.2) is 43.9 Å². The van der Waals surface area contributed by atoms with Crippen LogP contribution < -0.4 is 11.1 Å². The number of nitrogens with one attached hydrogen (secondary N) is 1. The zero-order valence-corrected chi connectivity index (χ0v) is 11.9. The Morgan fingerprint density at radius 2 is 2.06 bits per heavy atom. The Balaban J connectivity index is 2.67. The SMILES string of the molecule is COCC(C)OCC(NC(C)C)(C(N)=O)C1CC1. The van der Waals surface area contributed by atoms with Crippen molar-refractivity contribution in [1.29, 1.82) is 0 Å². The molecule has 1 rings (SSSR count). The standard InChI is InChI=1S/C13H26N2O3/c1-9(2)15-13(12(14)16,11-5-6-11)8-18-10(3)7-17-4/h9-11,15H,5-8H2,1-4H3,(H2,14,16). The van der Waals surface area contributed by atoms with Crippen LogP contribution >= 0.6 is 0 Å². The monoisotopic (exact) mass is 258 g/mol. The second-order valence-electron chi connectivity index (χ2n) is 5.49. The number of primary amides is 1. The maximum Gasteiger partial charge on any atom is 0.240 e. The van der Waals surface area contributed by atoms with Gasteiger partial charge in [0.1, 0.15) is 5.54 Å². The Hall–Kier alpha value is -0.650. The van der Waals surface area contributed by atoms with Gasteiger partial charge >= 0.3 is 0 Å². The van der Waals surface area contributed by atoms with Crippen LogP contribution in [0.1, 0.15) is 33.6 Å². The third-order valence-electron chi connectivity index (χ3n) is 3.26. The molecule has 5 nitrogen and oxygen atoms in total. The fourth-order valence-electron chi connectivity index (χ4n) is 2.27. The summed E-state index contributed by atoms with van der Waals surface area (Å²) in [5.74, 6) is -0.0181. The molecular formula is C13H26N2O3. The molecule has 0 aromatic rings. The van der Waals surface area contributed by atoms with Gasteiger partial charge in [0.2, 0.25) is 5.91 Å². The van der Waals surface area contributed by atoms with Crippen molar-refractivity contribution in [1.82, 2.24) is 5.32 Å². The number of amides is 1. The van der Waals surface area contributed by atoms with Gasteiger partial charge in [0.25, 0.3) is 0 Å². The van der Waals surface area contributed by atoms with E-state index in [-0.39, 0.29) is 18.1 Å². The van der Waals surface area contributed by atoms with E-state index in [9.17, 15) is 4.79 Å². The summed E-state index contributed by atoms with van der Waals surface area (Å²) >= 11 is 0. The van der Waals surface area contributed by atoms with Crippen molar-refractivity contribution >= 4 is 5.91 Å². The zero-order chi connectivity index (χ0) is 13.8. The predicted octanol–water partition coefficient (Wildman–Crippen LogP) is 0.670. The summed E-state index contributed by atoms with van der Waals surface area (Å²) in [5.41, 5.74) is 4.88. The Kier molecular flexibility index (Phi) is 5.56. The highest BCUT2D eigenvalue weighted by Gasteiger charge is 2.50. The molecule has 0 aromatic heterocycles. The molecule has 18 heavy (non-hydrogen) atoms. The van der Waals surface area contributed by atoms with Crippen molar-refractivity contribution in [3.8, 4) is 0 Å². The van der Waals surface area contributed by atoms with Gasteiger partial charge in [-0.25, -0.2) is 0 Å².